The van der Waals surface area contributed by atoms with Crippen LogP contribution in [-0.2, 0) is 18.9 Å². The Balaban J connectivity index is 1.60. The normalized spacial score (nSPS) is 33.7. The average molecular weight is 296 g/mol. The average Bonchev–Trinajstić information content (AvgIpc) is 2.92. The number of ether oxygens (including phenoxy) is 4. The van der Waals surface area contributed by atoms with Crippen molar-refractivity contribution in [2.75, 3.05) is 6.61 Å². The number of fused-ring (bicyclic) bond motifs is 1. The Bertz CT molecular complexity index is 518. The molecule has 1 aromatic carbocycles. The van der Waals surface area contributed by atoms with E-state index in [-0.39, 0.29) is 6.61 Å². The van der Waals surface area contributed by atoms with Crippen LogP contribution in [0.5, 0.6) is 0 Å². The fourth-order valence-electron chi connectivity index (χ4n) is 2.58. The minimum Gasteiger partial charge on any atom is -0.459 e. The SMILES string of the molecule is CC1(C)O[C@@H]2[C@H](O1)[C@@H](COC(=O)c1ccccc1)O[C@H]2F. The van der Waals surface area contributed by atoms with Gasteiger partial charge in [0.15, 0.2) is 5.79 Å². The zero-order valence-electron chi connectivity index (χ0n) is 11.8. The molecular formula is C15H17FO5. The van der Waals surface area contributed by atoms with Gasteiger partial charge in [-0.25, -0.2) is 9.18 Å². The molecule has 2 aliphatic heterocycles. The van der Waals surface area contributed by atoms with E-state index >= 15 is 0 Å². The van der Waals surface area contributed by atoms with Crippen LogP contribution in [0.15, 0.2) is 30.3 Å². The van der Waals surface area contributed by atoms with Crippen LogP contribution < -0.4 is 0 Å². The van der Waals surface area contributed by atoms with Gasteiger partial charge >= 0.3 is 5.97 Å². The Morgan fingerprint density at radius 2 is 1.90 bits per heavy atom. The Labute approximate surface area is 121 Å². The van der Waals surface area contributed by atoms with Crippen molar-refractivity contribution in [1.29, 1.82) is 0 Å². The second-order valence-corrected chi connectivity index (χ2v) is 5.55. The van der Waals surface area contributed by atoms with Gasteiger partial charge < -0.3 is 18.9 Å². The predicted molar refractivity (Wildman–Crippen MR) is 70.3 cm³/mol. The van der Waals surface area contributed by atoms with Gasteiger partial charge in [-0.15, -0.1) is 0 Å². The third kappa shape index (κ3) is 2.92. The van der Waals surface area contributed by atoms with E-state index < -0.39 is 36.4 Å². The molecule has 114 valence electrons. The molecule has 0 bridgehead atoms. The number of hydrogen-bond acceptors (Lipinski definition) is 5. The molecule has 2 heterocycles. The van der Waals surface area contributed by atoms with Crippen molar-refractivity contribution in [2.45, 2.75) is 44.3 Å². The summed E-state index contributed by atoms with van der Waals surface area (Å²) in [7, 11) is 0. The first-order chi connectivity index (χ1) is 9.96. The minimum atomic E-state index is -1.57. The molecule has 6 heteroatoms. The highest BCUT2D eigenvalue weighted by Gasteiger charge is 2.56. The lowest BCUT2D eigenvalue weighted by atomic mass is 10.1. The van der Waals surface area contributed by atoms with E-state index in [1.54, 1.807) is 44.2 Å². The van der Waals surface area contributed by atoms with Crippen LogP contribution in [0.4, 0.5) is 4.39 Å². The first-order valence-corrected chi connectivity index (χ1v) is 6.84. The van der Waals surface area contributed by atoms with Gasteiger partial charge in [-0.05, 0) is 26.0 Å². The van der Waals surface area contributed by atoms with Crippen LogP contribution >= 0.6 is 0 Å². The Morgan fingerprint density at radius 1 is 1.24 bits per heavy atom. The van der Waals surface area contributed by atoms with Crippen molar-refractivity contribution in [3.63, 3.8) is 0 Å². The summed E-state index contributed by atoms with van der Waals surface area (Å²) < 4.78 is 35.1. The van der Waals surface area contributed by atoms with Crippen LogP contribution in [0.1, 0.15) is 24.2 Å². The van der Waals surface area contributed by atoms with Gasteiger partial charge in [0, 0.05) is 0 Å². The van der Waals surface area contributed by atoms with Crippen LogP contribution in [-0.4, -0.2) is 43.0 Å². The van der Waals surface area contributed by atoms with E-state index in [1.165, 1.54) is 0 Å². The highest BCUT2D eigenvalue weighted by molar-refractivity contribution is 5.89. The van der Waals surface area contributed by atoms with Crippen LogP contribution in [0.3, 0.4) is 0 Å². The molecule has 3 rings (SSSR count). The van der Waals surface area contributed by atoms with E-state index in [1.807, 2.05) is 0 Å². The Morgan fingerprint density at radius 3 is 2.62 bits per heavy atom. The van der Waals surface area contributed by atoms with E-state index in [4.69, 9.17) is 18.9 Å². The lowest BCUT2D eigenvalue weighted by molar-refractivity contribution is -0.207. The van der Waals surface area contributed by atoms with Gasteiger partial charge in [-0.3, -0.25) is 0 Å². The topological polar surface area (TPSA) is 54.0 Å². The molecule has 0 amide bonds. The molecular weight excluding hydrogens is 279 g/mol. The van der Waals surface area contributed by atoms with Crippen molar-refractivity contribution in [1.82, 2.24) is 0 Å². The van der Waals surface area contributed by atoms with E-state index in [0.717, 1.165) is 0 Å². The number of alkyl halides is 1. The molecule has 0 saturated carbocycles. The molecule has 0 N–H and O–H groups in total. The van der Waals surface area contributed by atoms with Crippen molar-refractivity contribution in [3.8, 4) is 0 Å². The number of carbonyl (C=O) groups excluding carboxylic acids is 1. The van der Waals surface area contributed by atoms with Gasteiger partial charge in [0.05, 0.1) is 5.56 Å². The highest BCUT2D eigenvalue weighted by atomic mass is 19.1. The second kappa shape index (κ2) is 5.36. The second-order valence-electron chi connectivity index (χ2n) is 5.55. The van der Waals surface area contributed by atoms with E-state index in [9.17, 15) is 9.18 Å². The van der Waals surface area contributed by atoms with Crippen LogP contribution in [0.2, 0.25) is 0 Å². The Kier molecular flexibility index (Phi) is 3.69. The summed E-state index contributed by atoms with van der Waals surface area (Å²) in [5, 5.41) is 0. The van der Waals surface area contributed by atoms with Gasteiger partial charge in [-0.2, -0.15) is 0 Å². The third-order valence-electron chi connectivity index (χ3n) is 3.48. The number of rotatable bonds is 3. The molecule has 2 saturated heterocycles. The summed E-state index contributed by atoms with van der Waals surface area (Å²) in [6.07, 6.45) is -3.59. The standard InChI is InChI=1S/C15H17FO5/c1-15(2)20-11-10(19-13(16)12(11)21-15)8-18-14(17)9-6-4-3-5-7-9/h3-7,10-13H,8H2,1-2H3/t10-,11-,12-,13-/m1/s1. The number of hydrogen-bond donors (Lipinski definition) is 0. The maximum atomic E-state index is 13.8. The maximum absolute atomic E-state index is 13.8. The van der Waals surface area contributed by atoms with Gasteiger partial charge in [0.25, 0.3) is 0 Å². The summed E-state index contributed by atoms with van der Waals surface area (Å²) in [5.74, 6) is -1.33. The smallest absolute Gasteiger partial charge is 0.338 e. The van der Waals surface area contributed by atoms with Crippen molar-refractivity contribution < 1.29 is 28.1 Å². The molecule has 0 unspecified atom stereocenters. The molecule has 5 nitrogen and oxygen atoms in total. The molecule has 0 aromatic heterocycles. The first-order valence-electron chi connectivity index (χ1n) is 6.84. The molecule has 4 atom stereocenters. The van der Waals surface area contributed by atoms with E-state index in [0.29, 0.717) is 5.56 Å². The fraction of sp³-hybridized carbons (Fsp3) is 0.533. The monoisotopic (exact) mass is 296 g/mol. The number of benzene rings is 1. The Hall–Kier alpha value is -1.50. The molecule has 21 heavy (non-hydrogen) atoms. The van der Waals surface area contributed by atoms with Crippen LogP contribution in [0, 0.1) is 0 Å². The van der Waals surface area contributed by atoms with Crippen LogP contribution in [0.25, 0.3) is 0 Å². The van der Waals surface area contributed by atoms with Gasteiger partial charge in [0.1, 0.15) is 24.9 Å². The zero-order chi connectivity index (χ0) is 15.0. The summed E-state index contributed by atoms with van der Waals surface area (Å²) in [4.78, 5) is 11.9. The minimum absolute atomic E-state index is 0.0746. The number of esters is 1. The molecule has 0 radical (unpaired) electrons. The van der Waals surface area contributed by atoms with Crippen molar-refractivity contribution in [2.24, 2.45) is 0 Å². The van der Waals surface area contributed by atoms with Crippen molar-refractivity contribution in [3.05, 3.63) is 35.9 Å². The summed E-state index contributed by atoms with van der Waals surface area (Å²) in [5.41, 5.74) is 0.438. The van der Waals surface area contributed by atoms with Gasteiger partial charge in [0.2, 0.25) is 6.36 Å². The molecule has 0 spiro atoms. The number of halogens is 1. The summed E-state index contributed by atoms with van der Waals surface area (Å²) in [6, 6.07) is 8.59. The summed E-state index contributed by atoms with van der Waals surface area (Å²) >= 11 is 0. The first kappa shape index (κ1) is 14.4. The summed E-state index contributed by atoms with van der Waals surface area (Å²) in [6.45, 7) is 3.35. The zero-order valence-corrected chi connectivity index (χ0v) is 11.8. The van der Waals surface area contributed by atoms with Gasteiger partial charge in [-0.1, -0.05) is 18.2 Å². The quantitative estimate of drug-likeness (QED) is 0.799. The molecule has 2 aliphatic rings. The fourth-order valence-corrected chi connectivity index (χ4v) is 2.58. The third-order valence-corrected chi connectivity index (χ3v) is 3.48. The maximum Gasteiger partial charge on any atom is 0.338 e. The lowest BCUT2D eigenvalue weighted by Gasteiger charge is -2.22. The highest BCUT2D eigenvalue weighted by Crippen LogP contribution is 2.39. The molecule has 1 aromatic rings. The van der Waals surface area contributed by atoms with E-state index in [2.05, 4.69) is 0 Å². The molecule has 2 fully saturated rings. The predicted octanol–water partition coefficient (Wildman–Crippen LogP) is 2.06. The largest absolute Gasteiger partial charge is 0.459 e. The van der Waals surface area contributed by atoms with Crippen molar-refractivity contribution >= 4 is 5.97 Å². The molecule has 0 aliphatic carbocycles. The number of carbonyl (C=O) groups is 1. The lowest BCUT2D eigenvalue weighted by Crippen LogP contribution is -2.33.